The fourth-order valence-electron chi connectivity index (χ4n) is 2.53. The maximum Gasteiger partial charge on any atom is 0.231 e. The van der Waals surface area contributed by atoms with E-state index in [0.29, 0.717) is 13.3 Å². The average molecular weight is 234 g/mol. The van der Waals surface area contributed by atoms with Gasteiger partial charge in [0.25, 0.3) is 0 Å². The Morgan fingerprint density at radius 1 is 1.29 bits per heavy atom. The third-order valence-electron chi connectivity index (χ3n) is 4.05. The zero-order valence-electron chi connectivity index (χ0n) is 10.0. The largest absolute Gasteiger partial charge is 0.454 e. The molecule has 3 rings (SSSR count). The summed E-state index contributed by atoms with van der Waals surface area (Å²) >= 11 is 0. The van der Waals surface area contributed by atoms with Crippen LogP contribution in [0.5, 0.6) is 11.5 Å². The number of hydrogen-bond acceptors (Lipinski definition) is 4. The van der Waals surface area contributed by atoms with Crippen molar-refractivity contribution < 1.29 is 9.47 Å². The fraction of sp³-hybridized carbons (Fsp3) is 0.538. The van der Waals surface area contributed by atoms with Gasteiger partial charge in [-0.15, -0.1) is 0 Å². The van der Waals surface area contributed by atoms with Crippen molar-refractivity contribution in [1.29, 1.82) is 0 Å². The topological polar surface area (TPSA) is 70.5 Å². The molecule has 2 aliphatic rings. The minimum Gasteiger partial charge on any atom is -0.454 e. The summed E-state index contributed by atoms with van der Waals surface area (Å²) in [6, 6.07) is 4.02. The quantitative estimate of drug-likeness (QED) is 0.830. The van der Waals surface area contributed by atoms with Gasteiger partial charge in [-0.2, -0.15) is 0 Å². The van der Waals surface area contributed by atoms with Crippen molar-refractivity contribution in [1.82, 2.24) is 0 Å². The van der Waals surface area contributed by atoms with Crippen LogP contribution in [0, 0.1) is 12.3 Å². The van der Waals surface area contributed by atoms with Crippen molar-refractivity contribution in [2.24, 2.45) is 16.9 Å². The van der Waals surface area contributed by atoms with Crippen molar-refractivity contribution in [2.75, 3.05) is 13.3 Å². The van der Waals surface area contributed by atoms with Gasteiger partial charge < -0.3 is 20.9 Å². The third-order valence-corrected chi connectivity index (χ3v) is 4.05. The molecule has 1 aromatic rings. The van der Waals surface area contributed by atoms with Gasteiger partial charge in [0.1, 0.15) is 0 Å². The zero-order chi connectivity index (χ0) is 12.0. The molecule has 4 nitrogen and oxygen atoms in total. The van der Waals surface area contributed by atoms with Crippen LogP contribution in [0.1, 0.15) is 30.0 Å². The molecule has 0 saturated heterocycles. The summed E-state index contributed by atoms with van der Waals surface area (Å²) in [7, 11) is 0. The molecule has 1 heterocycles. The normalized spacial score (nSPS) is 21.4. The molecule has 1 aromatic carbocycles. The second-order valence-electron chi connectivity index (χ2n) is 5.11. The van der Waals surface area contributed by atoms with Gasteiger partial charge in [-0.25, -0.2) is 0 Å². The monoisotopic (exact) mass is 234 g/mol. The van der Waals surface area contributed by atoms with Crippen LogP contribution in [-0.4, -0.2) is 13.3 Å². The molecule has 1 unspecified atom stereocenters. The Kier molecular flexibility index (Phi) is 2.31. The first-order valence-corrected chi connectivity index (χ1v) is 6.02. The molecular weight excluding hydrogens is 216 g/mol. The Labute approximate surface area is 101 Å². The van der Waals surface area contributed by atoms with Crippen molar-refractivity contribution in [3.8, 4) is 11.5 Å². The van der Waals surface area contributed by atoms with E-state index in [4.69, 9.17) is 20.9 Å². The Hall–Kier alpha value is -1.26. The third kappa shape index (κ3) is 1.59. The van der Waals surface area contributed by atoms with Gasteiger partial charge in [-0.05, 0) is 49.6 Å². The number of benzene rings is 1. The van der Waals surface area contributed by atoms with Gasteiger partial charge in [0.2, 0.25) is 6.79 Å². The molecule has 17 heavy (non-hydrogen) atoms. The van der Waals surface area contributed by atoms with Crippen LogP contribution in [0.3, 0.4) is 0 Å². The predicted octanol–water partition coefficient (Wildman–Crippen LogP) is 1.46. The van der Waals surface area contributed by atoms with E-state index in [9.17, 15) is 0 Å². The van der Waals surface area contributed by atoms with Gasteiger partial charge >= 0.3 is 0 Å². The molecule has 0 aromatic heterocycles. The fourth-order valence-corrected chi connectivity index (χ4v) is 2.53. The molecule has 1 aliphatic carbocycles. The SMILES string of the molecule is Cc1cc2c(cc1C(N)C1(CN)CC1)OCO2. The highest BCUT2D eigenvalue weighted by atomic mass is 16.7. The van der Waals surface area contributed by atoms with E-state index in [0.717, 1.165) is 35.5 Å². The van der Waals surface area contributed by atoms with Crippen LogP contribution in [0.15, 0.2) is 12.1 Å². The first kappa shape index (κ1) is 10.9. The molecule has 4 N–H and O–H groups in total. The maximum atomic E-state index is 6.36. The molecule has 0 amide bonds. The van der Waals surface area contributed by atoms with Crippen LogP contribution >= 0.6 is 0 Å². The summed E-state index contributed by atoms with van der Waals surface area (Å²) < 4.78 is 10.8. The highest BCUT2D eigenvalue weighted by Gasteiger charge is 2.47. The number of hydrogen-bond donors (Lipinski definition) is 2. The van der Waals surface area contributed by atoms with Gasteiger partial charge in [0.15, 0.2) is 11.5 Å². The molecule has 0 spiro atoms. The zero-order valence-corrected chi connectivity index (χ0v) is 10.0. The van der Waals surface area contributed by atoms with E-state index in [2.05, 4.69) is 6.92 Å². The number of nitrogens with two attached hydrogens (primary N) is 2. The van der Waals surface area contributed by atoms with Gasteiger partial charge in [-0.1, -0.05) is 0 Å². The van der Waals surface area contributed by atoms with Crippen LogP contribution in [-0.2, 0) is 0 Å². The van der Waals surface area contributed by atoms with Crippen LogP contribution < -0.4 is 20.9 Å². The van der Waals surface area contributed by atoms with Crippen LogP contribution in [0.25, 0.3) is 0 Å². The second-order valence-corrected chi connectivity index (χ2v) is 5.11. The minimum atomic E-state index is 0.00185. The lowest BCUT2D eigenvalue weighted by Gasteiger charge is -2.23. The van der Waals surface area contributed by atoms with Crippen molar-refractivity contribution in [3.05, 3.63) is 23.3 Å². The number of rotatable bonds is 3. The molecule has 1 saturated carbocycles. The number of fused-ring (bicyclic) bond motifs is 1. The first-order chi connectivity index (χ1) is 8.16. The lowest BCUT2D eigenvalue weighted by Crippen LogP contribution is -2.30. The van der Waals surface area contributed by atoms with E-state index in [1.807, 2.05) is 12.1 Å². The smallest absolute Gasteiger partial charge is 0.231 e. The maximum absolute atomic E-state index is 6.36. The summed E-state index contributed by atoms with van der Waals surface area (Å²) in [6.07, 6.45) is 2.25. The predicted molar refractivity (Wildman–Crippen MR) is 65.0 cm³/mol. The van der Waals surface area contributed by atoms with E-state index in [1.165, 1.54) is 0 Å². The molecule has 0 bridgehead atoms. The summed E-state index contributed by atoms with van der Waals surface area (Å²) in [5.41, 5.74) is 14.6. The Morgan fingerprint density at radius 2 is 1.94 bits per heavy atom. The van der Waals surface area contributed by atoms with E-state index >= 15 is 0 Å². The van der Waals surface area contributed by atoms with Crippen molar-refractivity contribution in [3.63, 3.8) is 0 Å². The molecule has 1 atom stereocenters. The molecule has 1 fully saturated rings. The highest BCUT2D eigenvalue weighted by Crippen LogP contribution is 2.54. The van der Waals surface area contributed by atoms with Gasteiger partial charge in [0.05, 0.1) is 0 Å². The summed E-state index contributed by atoms with van der Waals surface area (Å²) in [6.45, 7) is 3.02. The Morgan fingerprint density at radius 3 is 2.53 bits per heavy atom. The van der Waals surface area contributed by atoms with Crippen LogP contribution in [0.2, 0.25) is 0 Å². The molecular formula is C13H18N2O2. The lowest BCUT2D eigenvalue weighted by atomic mass is 9.88. The molecule has 4 heteroatoms. The van der Waals surface area contributed by atoms with Gasteiger partial charge in [-0.3, -0.25) is 0 Å². The summed E-state index contributed by atoms with van der Waals surface area (Å²) in [5, 5.41) is 0. The minimum absolute atomic E-state index is 0.00185. The average Bonchev–Trinajstić information content (AvgIpc) is 3.01. The second kappa shape index (κ2) is 3.62. The summed E-state index contributed by atoms with van der Waals surface area (Å²) in [4.78, 5) is 0. The molecule has 1 aliphatic heterocycles. The van der Waals surface area contributed by atoms with Crippen LogP contribution in [0.4, 0.5) is 0 Å². The molecule has 92 valence electrons. The van der Waals surface area contributed by atoms with E-state index in [-0.39, 0.29) is 11.5 Å². The van der Waals surface area contributed by atoms with Gasteiger partial charge in [0, 0.05) is 11.5 Å². The Balaban J connectivity index is 1.98. The van der Waals surface area contributed by atoms with Crippen molar-refractivity contribution >= 4 is 0 Å². The van der Waals surface area contributed by atoms with E-state index in [1.54, 1.807) is 0 Å². The Bertz CT molecular complexity index is 455. The molecule has 0 radical (unpaired) electrons. The summed E-state index contributed by atoms with van der Waals surface area (Å²) in [5.74, 6) is 1.62. The van der Waals surface area contributed by atoms with Crippen molar-refractivity contribution in [2.45, 2.75) is 25.8 Å². The standard InChI is InChI=1S/C13H18N2O2/c1-8-4-10-11(17-7-16-10)5-9(8)12(15)13(6-14)2-3-13/h4-5,12H,2-3,6-7,14-15H2,1H3. The number of ether oxygens (including phenoxy) is 2. The lowest BCUT2D eigenvalue weighted by molar-refractivity contribution is 0.174. The number of aryl methyl sites for hydroxylation is 1. The highest BCUT2D eigenvalue weighted by molar-refractivity contribution is 5.50. The van der Waals surface area contributed by atoms with E-state index < -0.39 is 0 Å². The first-order valence-electron chi connectivity index (χ1n) is 6.02.